The zero-order chi connectivity index (χ0) is 9.68. The van der Waals surface area contributed by atoms with Crippen LogP contribution in [-0.2, 0) is 14.3 Å². The number of hydrogen-bond acceptors (Lipinski definition) is 4. The highest BCUT2D eigenvalue weighted by atomic mass is 16.6. The highest BCUT2D eigenvalue weighted by Gasteiger charge is 2.21. The molecule has 1 heterocycles. The van der Waals surface area contributed by atoms with Crippen LogP contribution >= 0.6 is 0 Å². The van der Waals surface area contributed by atoms with Gasteiger partial charge in [-0.3, -0.25) is 4.79 Å². The van der Waals surface area contributed by atoms with Gasteiger partial charge in [0.2, 0.25) is 0 Å². The number of esters is 1. The Bertz CT molecular complexity index is 165. The van der Waals surface area contributed by atoms with Crippen molar-refractivity contribution in [3.8, 4) is 0 Å². The second kappa shape index (κ2) is 5.19. The van der Waals surface area contributed by atoms with E-state index in [-0.39, 0.29) is 12.6 Å². The molecule has 1 fully saturated rings. The third-order valence-corrected chi connectivity index (χ3v) is 1.94. The van der Waals surface area contributed by atoms with Gasteiger partial charge in [-0.05, 0) is 19.3 Å². The van der Waals surface area contributed by atoms with E-state index in [9.17, 15) is 9.90 Å². The number of aliphatic hydroxyl groups is 1. The average Bonchev–Trinajstić information content (AvgIpc) is 2.84. The van der Waals surface area contributed by atoms with Crippen molar-refractivity contribution < 1.29 is 19.4 Å². The van der Waals surface area contributed by atoms with Crippen LogP contribution in [0.3, 0.4) is 0 Å². The molecule has 0 aromatic rings. The van der Waals surface area contributed by atoms with Crippen LogP contribution in [-0.4, -0.2) is 36.5 Å². The van der Waals surface area contributed by atoms with Crippen molar-refractivity contribution in [3.63, 3.8) is 0 Å². The van der Waals surface area contributed by atoms with Crippen molar-refractivity contribution in [2.75, 3.05) is 13.2 Å². The summed E-state index contributed by atoms with van der Waals surface area (Å²) in [6, 6.07) is 0. The Balaban J connectivity index is 1.89. The Morgan fingerprint density at radius 2 is 2.46 bits per heavy atom. The maximum Gasteiger partial charge on any atom is 0.302 e. The van der Waals surface area contributed by atoms with Crippen molar-refractivity contribution in [1.82, 2.24) is 0 Å². The topological polar surface area (TPSA) is 59.1 Å². The number of aliphatic hydroxyl groups excluding tert-OH is 1. The van der Waals surface area contributed by atoms with E-state index in [2.05, 4.69) is 4.74 Å². The summed E-state index contributed by atoms with van der Waals surface area (Å²) in [5.74, 6) is -0.343. The molecular formula is C9H16O4. The predicted octanol–water partition coefficient (Wildman–Crippen LogP) is 0.479. The van der Waals surface area contributed by atoms with E-state index in [0.717, 1.165) is 19.4 Å². The first-order valence-electron chi connectivity index (χ1n) is 4.61. The molecule has 0 aliphatic carbocycles. The van der Waals surface area contributed by atoms with Crippen molar-refractivity contribution in [2.24, 2.45) is 0 Å². The third kappa shape index (κ3) is 5.60. The molecule has 4 nitrogen and oxygen atoms in total. The van der Waals surface area contributed by atoms with Crippen LogP contribution in [0.5, 0.6) is 0 Å². The van der Waals surface area contributed by atoms with E-state index in [4.69, 9.17) is 4.74 Å². The van der Waals surface area contributed by atoms with Crippen molar-refractivity contribution in [2.45, 2.75) is 38.4 Å². The van der Waals surface area contributed by atoms with Crippen LogP contribution in [0.2, 0.25) is 0 Å². The van der Waals surface area contributed by atoms with Gasteiger partial charge in [0.25, 0.3) is 0 Å². The van der Waals surface area contributed by atoms with E-state index >= 15 is 0 Å². The molecule has 2 atom stereocenters. The Morgan fingerprint density at radius 3 is 3.00 bits per heavy atom. The summed E-state index contributed by atoms with van der Waals surface area (Å²) in [6.45, 7) is 2.31. The van der Waals surface area contributed by atoms with Crippen molar-refractivity contribution in [3.05, 3.63) is 0 Å². The van der Waals surface area contributed by atoms with Gasteiger partial charge in [0.1, 0.15) is 6.61 Å². The zero-order valence-corrected chi connectivity index (χ0v) is 7.86. The van der Waals surface area contributed by atoms with E-state index in [0.29, 0.717) is 12.5 Å². The summed E-state index contributed by atoms with van der Waals surface area (Å²) in [5.41, 5.74) is 0. The fourth-order valence-corrected chi connectivity index (χ4v) is 1.11. The van der Waals surface area contributed by atoms with E-state index in [1.165, 1.54) is 6.92 Å². The molecule has 1 N–H and O–H groups in total. The molecule has 1 aliphatic heterocycles. The molecule has 1 saturated heterocycles. The van der Waals surface area contributed by atoms with Gasteiger partial charge >= 0.3 is 5.97 Å². The number of hydrogen-bond donors (Lipinski definition) is 1. The molecule has 76 valence electrons. The lowest BCUT2D eigenvalue weighted by Crippen LogP contribution is -2.17. The van der Waals surface area contributed by atoms with Crippen LogP contribution in [0.4, 0.5) is 0 Å². The first-order chi connectivity index (χ1) is 6.18. The molecule has 0 amide bonds. The molecule has 1 unspecified atom stereocenters. The van der Waals surface area contributed by atoms with Crippen LogP contribution in [0.25, 0.3) is 0 Å². The molecule has 0 aromatic carbocycles. The fraction of sp³-hybridized carbons (Fsp3) is 0.889. The average molecular weight is 188 g/mol. The molecule has 1 rings (SSSR count). The third-order valence-electron chi connectivity index (χ3n) is 1.94. The van der Waals surface area contributed by atoms with Crippen LogP contribution in [0, 0.1) is 0 Å². The van der Waals surface area contributed by atoms with Gasteiger partial charge < -0.3 is 14.6 Å². The number of ether oxygens (including phenoxy) is 2. The SMILES string of the molecule is CC(=O)OCC(O)CCC[C@H]1CO1. The summed E-state index contributed by atoms with van der Waals surface area (Å²) in [6.07, 6.45) is 2.49. The van der Waals surface area contributed by atoms with Crippen molar-refractivity contribution >= 4 is 5.97 Å². The van der Waals surface area contributed by atoms with Gasteiger partial charge in [-0.15, -0.1) is 0 Å². The lowest BCUT2D eigenvalue weighted by Gasteiger charge is -2.09. The molecule has 13 heavy (non-hydrogen) atoms. The molecular weight excluding hydrogens is 172 g/mol. The molecule has 0 spiro atoms. The predicted molar refractivity (Wildman–Crippen MR) is 46.2 cm³/mol. The first kappa shape index (κ1) is 10.5. The Kier molecular flexibility index (Phi) is 4.18. The quantitative estimate of drug-likeness (QED) is 0.486. The highest BCUT2D eigenvalue weighted by Crippen LogP contribution is 2.17. The second-order valence-corrected chi connectivity index (χ2v) is 3.34. The van der Waals surface area contributed by atoms with Gasteiger partial charge in [0.15, 0.2) is 0 Å². The normalized spacial score (nSPS) is 22.5. The second-order valence-electron chi connectivity index (χ2n) is 3.34. The van der Waals surface area contributed by atoms with Gasteiger partial charge in [-0.2, -0.15) is 0 Å². The zero-order valence-electron chi connectivity index (χ0n) is 7.86. The van der Waals surface area contributed by atoms with E-state index in [1.807, 2.05) is 0 Å². The fourth-order valence-electron chi connectivity index (χ4n) is 1.11. The lowest BCUT2D eigenvalue weighted by molar-refractivity contribution is -0.144. The van der Waals surface area contributed by atoms with E-state index < -0.39 is 6.10 Å². The van der Waals surface area contributed by atoms with Gasteiger partial charge in [0, 0.05) is 6.92 Å². The number of epoxide rings is 1. The minimum absolute atomic E-state index is 0.112. The highest BCUT2D eigenvalue weighted by molar-refractivity contribution is 5.65. The molecule has 1 aliphatic rings. The van der Waals surface area contributed by atoms with Crippen LogP contribution in [0.1, 0.15) is 26.2 Å². The molecule has 0 bridgehead atoms. The maximum absolute atomic E-state index is 10.4. The van der Waals surface area contributed by atoms with Gasteiger partial charge in [-0.1, -0.05) is 0 Å². The summed E-state index contributed by atoms with van der Waals surface area (Å²) >= 11 is 0. The Hall–Kier alpha value is -0.610. The Labute approximate surface area is 77.8 Å². The van der Waals surface area contributed by atoms with Crippen LogP contribution in [0.15, 0.2) is 0 Å². The van der Waals surface area contributed by atoms with Crippen molar-refractivity contribution in [1.29, 1.82) is 0 Å². The first-order valence-corrected chi connectivity index (χ1v) is 4.61. The minimum atomic E-state index is -0.525. The molecule has 0 aromatic heterocycles. The summed E-state index contributed by atoms with van der Waals surface area (Å²) in [5, 5.41) is 9.31. The molecule has 0 saturated carbocycles. The summed E-state index contributed by atoms with van der Waals surface area (Å²) < 4.78 is 9.68. The van der Waals surface area contributed by atoms with Gasteiger partial charge in [-0.25, -0.2) is 0 Å². The molecule has 4 heteroatoms. The maximum atomic E-state index is 10.4. The molecule has 0 radical (unpaired) electrons. The largest absolute Gasteiger partial charge is 0.463 e. The summed E-state index contributed by atoms with van der Waals surface area (Å²) in [7, 11) is 0. The Morgan fingerprint density at radius 1 is 1.77 bits per heavy atom. The smallest absolute Gasteiger partial charge is 0.302 e. The minimum Gasteiger partial charge on any atom is -0.463 e. The monoisotopic (exact) mass is 188 g/mol. The number of carbonyl (C=O) groups is 1. The number of rotatable bonds is 6. The van der Waals surface area contributed by atoms with Gasteiger partial charge in [0.05, 0.1) is 18.8 Å². The van der Waals surface area contributed by atoms with E-state index in [1.54, 1.807) is 0 Å². The lowest BCUT2D eigenvalue weighted by atomic mass is 10.1. The van der Waals surface area contributed by atoms with Crippen LogP contribution < -0.4 is 0 Å². The number of carbonyl (C=O) groups excluding carboxylic acids is 1. The summed E-state index contributed by atoms with van der Waals surface area (Å²) in [4.78, 5) is 10.4. The standard InChI is InChI=1S/C9H16O4/c1-7(10)12-5-8(11)3-2-4-9-6-13-9/h8-9,11H,2-6H2,1H3/t8?,9-/m0/s1.